The van der Waals surface area contributed by atoms with Gasteiger partial charge in [0.25, 0.3) is 5.91 Å². The summed E-state index contributed by atoms with van der Waals surface area (Å²) >= 11 is 6.11. The van der Waals surface area contributed by atoms with Crippen molar-refractivity contribution < 1.29 is 9.59 Å². The van der Waals surface area contributed by atoms with Crippen LogP contribution >= 0.6 is 11.6 Å². The van der Waals surface area contributed by atoms with Crippen LogP contribution in [0.25, 0.3) is 0 Å². The predicted molar refractivity (Wildman–Crippen MR) is 126 cm³/mol. The van der Waals surface area contributed by atoms with Crippen molar-refractivity contribution in [3.05, 3.63) is 71.0 Å². The molecule has 2 aromatic heterocycles. The van der Waals surface area contributed by atoms with Crippen molar-refractivity contribution in [1.29, 1.82) is 0 Å². The van der Waals surface area contributed by atoms with Crippen LogP contribution in [-0.2, 0) is 11.8 Å². The minimum absolute atomic E-state index is 0.0874. The molecule has 1 aliphatic rings. The van der Waals surface area contributed by atoms with Crippen molar-refractivity contribution in [3.8, 4) is 0 Å². The van der Waals surface area contributed by atoms with E-state index < -0.39 is 11.9 Å². The van der Waals surface area contributed by atoms with Gasteiger partial charge in [-0.05, 0) is 44.0 Å². The zero-order valence-electron chi connectivity index (χ0n) is 18.7. The largest absolute Gasteiger partial charge is 0.351 e. The van der Waals surface area contributed by atoms with Gasteiger partial charge in [0.2, 0.25) is 5.91 Å². The number of aromatic nitrogens is 4. The number of benzene rings is 1. The summed E-state index contributed by atoms with van der Waals surface area (Å²) in [5, 5.41) is 8.16. The Bertz CT molecular complexity index is 1110. The summed E-state index contributed by atoms with van der Waals surface area (Å²) in [6.07, 6.45) is 11.4. The maximum Gasteiger partial charge on any atom is 0.279 e. The Morgan fingerprint density at radius 2 is 1.88 bits per heavy atom. The first kappa shape index (κ1) is 22.9. The first-order valence-electron chi connectivity index (χ1n) is 11.1. The van der Waals surface area contributed by atoms with Crippen LogP contribution in [0.2, 0.25) is 5.02 Å². The fourth-order valence-electron chi connectivity index (χ4n) is 4.33. The van der Waals surface area contributed by atoms with Gasteiger partial charge in [-0.15, -0.1) is 0 Å². The van der Waals surface area contributed by atoms with E-state index in [4.69, 9.17) is 11.6 Å². The molecule has 3 aromatic rings. The van der Waals surface area contributed by atoms with E-state index in [-0.39, 0.29) is 17.6 Å². The van der Waals surface area contributed by atoms with E-state index >= 15 is 0 Å². The van der Waals surface area contributed by atoms with E-state index in [2.05, 4.69) is 20.4 Å². The Balaban J connectivity index is 1.81. The van der Waals surface area contributed by atoms with Gasteiger partial charge in [-0.25, -0.2) is 4.98 Å². The minimum Gasteiger partial charge on any atom is -0.351 e. The second kappa shape index (κ2) is 10.1. The van der Waals surface area contributed by atoms with Gasteiger partial charge in [-0.2, -0.15) is 5.10 Å². The third kappa shape index (κ3) is 5.22. The monoisotopic (exact) mass is 466 g/mol. The molecule has 1 atom stereocenters. The number of nitrogens with one attached hydrogen (secondary N) is 1. The molecule has 1 aromatic carbocycles. The van der Waals surface area contributed by atoms with Crippen LogP contribution in [0, 0.1) is 6.92 Å². The summed E-state index contributed by atoms with van der Waals surface area (Å²) in [6.45, 7) is 1.84. The van der Waals surface area contributed by atoms with Crippen molar-refractivity contribution >= 4 is 29.1 Å². The molecule has 0 radical (unpaired) electrons. The number of carbonyl (C=O) groups excluding carboxylic acids is 2. The van der Waals surface area contributed by atoms with Crippen LogP contribution < -0.4 is 10.2 Å². The molecule has 4 rings (SSSR count). The Labute approximate surface area is 198 Å². The molecular weight excluding hydrogens is 440 g/mol. The molecule has 0 aliphatic heterocycles. The van der Waals surface area contributed by atoms with Crippen LogP contribution in [0.3, 0.4) is 0 Å². The van der Waals surface area contributed by atoms with Gasteiger partial charge in [0, 0.05) is 48.0 Å². The lowest BCUT2D eigenvalue weighted by molar-refractivity contribution is -0.123. The Morgan fingerprint density at radius 1 is 1.15 bits per heavy atom. The average Bonchev–Trinajstić information content (AvgIpc) is 3.16. The Kier molecular flexibility index (Phi) is 7.03. The van der Waals surface area contributed by atoms with E-state index in [0.717, 1.165) is 25.7 Å². The number of aryl methyl sites for hydroxylation is 2. The summed E-state index contributed by atoms with van der Waals surface area (Å²) in [7, 11) is 1.80. The van der Waals surface area contributed by atoms with Gasteiger partial charge in [0.1, 0.15) is 11.7 Å². The molecule has 8 nitrogen and oxygen atoms in total. The minimum atomic E-state index is -0.934. The van der Waals surface area contributed by atoms with Crippen LogP contribution in [0.4, 0.5) is 5.69 Å². The summed E-state index contributed by atoms with van der Waals surface area (Å²) in [5.41, 5.74) is 2.00. The van der Waals surface area contributed by atoms with Gasteiger partial charge < -0.3 is 5.32 Å². The first-order valence-corrected chi connectivity index (χ1v) is 11.5. The zero-order valence-corrected chi connectivity index (χ0v) is 19.5. The number of hydrogen-bond acceptors (Lipinski definition) is 5. The maximum atomic E-state index is 13.8. The number of anilines is 1. The van der Waals surface area contributed by atoms with Gasteiger partial charge in [-0.1, -0.05) is 30.9 Å². The fraction of sp³-hybridized carbons (Fsp3) is 0.375. The molecule has 33 heavy (non-hydrogen) atoms. The molecule has 1 aliphatic carbocycles. The molecule has 172 valence electrons. The summed E-state index contributed by atoms with van der Waals surface area (Å²) in [4.78, 5) is 37.2. The third-order valence-electron chi connectivity index (χ3n) is 5.91. The molecule has 0 bridgehead atoms. The predicted octanol–water partition coefficient (Wildman–Crippen LogP) is 4.01. The average molecular weight is 467 g/mol. The Hall–Kier alpha value is -3.26. The van der Waals surface area contributed by atoms with E-state index in [0.29, 0.717) is 22.0 Å². The normalized spacial score (nSPS) is 15.1. The SMILES string of the molecule is Cc1nn(C)cc1C(C(=O)NC1CCCCC1)N(C(=O)c1cnccn1)c1ccc(Cl)cc1. The molecule has 1 unspecified atom stereocenters. The molecule has 1 N–H and O–H groups in total. The van der Waals surface area contributed by atoms with Crippen molar-refractivity contribution in [2.24, 2.45) is 7.05 Å². The van der Waals surface area contributed by atoms with E-state index in [9.17, 15) is 9.59 Å². The lowest BCUT2D eigenvalue weighted by Crippen LogP contribution is -2.47. The van der Waals surface area contributed by atoms with E-state index in [1.54, 1.807) is 42.2 Å². The molecule has 1 fully saturated rings. The topological polar surface area (TPSA) is 93.0 Å². The standard InChI is InChI=1S/C24H27ClN6O2/c1-16-20(15-30(2)29-16)22(23(32)28-18-6-4-3-5-7-18)31(19-10-8-17(25)9-11-19)24(33)21-14-26-12-13-27-21/h8-15,18,22H,3-7H2,1-2H3,(H,28,32). The molecule has 9 heteroatoms. The van der Waals surface area contributed by atoms with Gasteiger partial charge >= 0.3 is 0 Å². The van der Waals surface area contributed by atoms with Crippen LogP contribution in [0.5, 0.6) is 0 Å². The van der Waals surface area contributed by atoms with Crippen molar-refractivity contribution in [1.82, 2.24) is 25.1 Å². The molecule has 0 saturated heterocycles. The second-order valence-electron chi connectivity index (χ2n) is 8.33. The van der Waals surface area contributed by atoms with Gasteiger partial charge in [0.05, 0.1) is 11.9 Å². The van der Waals surface area contributed by atoms with Gasteiger partial charge in [-0.3, -0.25) is 24.2 Å². The van der Waals surface area contributed by atoms with Gasteiger partial charge in [0.15, 0.2) is 0 Å². The highest BCUT2D eigenvalue weighted by Crippen LogP contribution is 2.32. The van der Waals surface area contributed by atoms with Crippen molar-refractivity contribution in [3.63, 3.8) is 0 Å². The number of amides is 2. The number of carbonyl (C=O) groups is 2. The molecular formula is C24H27ClN6O2. The number of rotatable bonds is 6. The highest BCUT2D eigenvalue weighted by molar-refractivity contribution is 6.30. The third-order valence-corrected chi connectivity index (χ3v) is 6.16. The van der Waals surface area contributed by atoms with Crippen molar-refractivity contribution in [2.45, 2.75) is 51.1 Å². The lowest BCUT2D eigenvalue weighted by atomic mass is 9.94. The molecule has 0 spiro atoms. The maximum absolute atomic E-state index is 13.8. The van der Waals surface area contributed by atoms with E-state index in [1.165, 1.54) is 29.9 Å². The van der Waals surface area contributed by atoms with Crippen LogP contribution in [-0.4, -0.2) is 37.6 Å². The number of halogens is 1. The summed E-state index contributed by atoms with van der Waals surface area (Å²) < 4.78 is 1.65. The summed E-state index contributed by atoms with van der Waals surface area (Å²) in [5.74, 6) is -0.678. The smallest absolute Gasteiger partial charge is 0.279 e. The molecule has 2 heterocycles. The number of nitrogens with zero attached hydrogens (tertiary/aromatic N) is 5. The lowest BCUT2D eigenvalue weighted by Gasteiger charge is -2.33. The first-order chi connectivity index (χ1) is 15.9. The highest BCUT2D eigenvalue weighted by atomic mass is 35.5. The molecule has 2 amide bonds. The second-order valence-corrected chi connectivity index (χ2v) is 8.77. The molecule has 1 saturated carbocycles. The van der Waals surface area contributed by atoms with E-state index in [1.807, 2.05) is 6.92 Å². The van der Waals surface area contributed by atoms with Crippen molar-refractivity contribution in [2.75, 3.05) is 4.90 Å². The summed E-state index contributed by atoms with van der Waals surface area (Å²) in [6, 6.07) is 5.99. The van der Waals surface area contributed by atoms with Crippen LogP contribution in [0.15, 0.2) is 49.1 Å². The Morgan fingerprint density at radius 3 is 2.48 bits per heavy atom. The highest BCUT2D eigenvalue weighted by Gasteiger charge is 2.37. The number of hydrogen-bond donors (Lipinski definition) is 1. The quantitative estimate of drug-likeness (QED) is 0.592. The fourth-order valence-corrected chi connectivity index (χ4v) is 4.46. The van der Waals surface area contributed by atoms with Crippen LogP contribution in [0.1, 0.15) is 59.9 Å². The zero-order chi connectivity index (χ0) is 23.4.